The van der Waals surface area contributed by atoms with Gasteiger partial charge in [-0.1, -0.05) is 5.06 Å². The minimum Gasteiger partial charge on any atom is -0.410 e. The summed E-state index contributed by atoms with van der Waals surface area (Å²) in [6.07, 6.45) is 2.22. The summed E-state index contributed by atoms with van der Waals surface area (Å²) in [6, 6.07) is 0.175. The van der Waals surface area contributed by atoms with Crippen LogP contribution >= 0.6 is 11.6 Å². The number of hydrogen-bond acceptors (Lipinski definition) is 3. The minimum atomic E-state index is -0.674. The maximum Gasteiger partial charge on any atom is 0.163 e. The number of aliphatic hydroxyl groups excluding tert-OH is 1. The summed E-state index contributed by atoms with van der Waals surface area (Å²) in [5.74, 6) is 0. The summed E-state index contributed by atoms with van der Waals surface area (Å²) in [5.41, 5.74) is 0. The fourth-order valence-corrected chi connectivity index (χ4v) is 0.639. The molecule has 0 amide bonds. The first-order valence-corrected chi connectivity index (χ1v) is 2.72. The quantitative estimate of drug-likeness (QED) is 0.414. The molecule has 1 heterocycles. The molecule has 1 aliphatic rings. The molecule has 0 radical (unpaired) electrons. The summed E-state index contributed by atoms with van der Waals surface area (Å²) in [4.78, 5) is 4.69. The van der Waals surface area contributed by atoms with E-state index in [1.807, 2.05) is 0 Å². The van der Waals surface area contributed by atoms with Gasteiger partial charge >= 0.3 is 0 Å². The van der Waals surface area contributed by atoms with Crippen molar-refractivity contribution < 1.29 is 9.94 Å². The summed E-state index contributed by atoms with van der Waals surface area (Å²) < 4.78 is 0. The van der Waals surface area contributed by atoms with Gasteiger partial charge in [0.15, 0.2) is 6.23 Å². The van der Waals surface area contributed by atoms with Crippen LogP contribution in [0, 0.1) is 0 Å². The van der Waals surface area contributed by atoms with Crippen LogP contribution in [-0.2, 0) is 4.84 Å². The molecule has 4 heteroatoms. The standard InChI is InChI=1S/C4H6ClNO2/c5-3-6-4(7)1-2-8-6/h1-2,4,7H,3H2. The zero-order valence-corrected chi connectivity index (χ0v) is 4.88. The molecule has 0 aliphatic carbocycles. The molecule has 3 nitrogen and oxygen atoms in total. The second kappa shape index (κ2) is 2.35. The van der Waals surface area contributed by atoms with Crippen molar-refractivity contribution in [3.63, 3.8) is 0 Å². The Morgan fingerprint density at radius 2 is 2.62 bits per heavy atom. The van der Waals surface area contributed by atoms with Gasteiger partial charge in [0.05, 0.1) is 0 Å². The van der Waals surface area contributed by atoms with Crippen molar-refractivity contribution in [1.29, 1.82) is 0 Å². The molecule has 1 aliphatic heterocycles. The van der Waals surface area contributed by atoms with E-state index in [-0.39, 0.29) is 6.00 Å². The first-order chi connectivity index (χ1) is 3.84. The van der Waals surface area contributed by atoms with Gasteiger partial charge in [-0.2, -0.15) is 0 Å². The number of nitrogens with zero attached hydrogens (tertiary/aromatic N) is 1. The normalized spacial score (nSPS) is 28.5. The van der Waals surface area contributed by atoms with Gasteiger partial charge in [0.2, 0.25) is 0 Å². The van der Waals surface area contributed by atoms with E-state index >= 15 is 0 Å². The van der Waals surface area contributed by atoms with E-state index in [1.54, 1.807) is 0 Å². The van der Waals surface area contributed by atoms with Crippen LogP contribution in [0.15, 0.2) is 12.3 Å². The fraction of sp³-hybridized carbons (Fsp3) is 0.500. The largest absolute Gasteiger partial charge is 0.410 e. The van der Waals surface area contributed by atoms with Crippen LogP contribution in [0.1, 0.15) is 0 Å². The van der Waals surface area contributed by atoms with Crippen LogP contribution in [0.2, 0.25) is 0 Å². The number of aliphatic hydroxyl groups is 1. The Bertz CT molecular complexity index is 106. The van der Waals surface area contributed by atoms with E-state index in [2.05, 4.69) is 4.84 Å². The molecule has 1 atom stereocenters. The van der Waals surface area contributed by atoms with Crippen LogP contribution < -0.4 is 0 Å². The maximum atomic E-state index is 8.82. The monoisotopic (exact) mass is 135 g/mol. The Hall–Kier alpha value is -0.250. The van der Waals surface area contributed by atoms with Crippen molar-refractivity contribution >= 4 is 11.6 Å². The van der Waals surface area contributed by atoms with Crippen LogP contribution in [0.25, 0.3) is 0 Å². The van der Waals surface area contributed by atoms with Crippen LogP contribution in [-0.4, -0.2) is 22.4 Å². The van der Waals surface area contributed by atoms with Gasteiger partial charge in [-0.25, -0.2) is 0 Å². The van der Waals surface area contributed by atoms with Crippen molar-refractivity contribution in [2.75, 3.05) is 6.00 Å². The van der Waals surface area contributed by atoms with Crippen LogP contribution in [0.4, 0.5) is 0 Å². The fourth-order valence-electron chi connectivity index (χ4n) is 0.441. The molecule has 0 bridgehead atoms. The van der Waals surface area contributed by atoms with E-state index in [4.69, 9.17) is 16.7 Å². The third-order valence-corrected chi connectivity index (χ3v) is 1.10. The predicted molar refractivity (Wildman–Crippen MR) is 28.8 cm³/mol. The summed E-state index contributed by atoms with van der Waals surface area (Å²) in [7, 11) is 0. The average Bonchev–Trinajstić information content (AvgIpc) is 2.14. The second-order valence-electron chi connectivity index (χ2n) is 1.38. The topological polar surface area (TPSA) is 32.7 Å². The van der Waals surface area contributed by atoms with E-state index < -0.39 is 6.23 Å². The SMILES string of the molecule is OC1C=CON1CCl. The molecule has 0 spiro atoms. The van der Waals surface area contributed by atoms with Gasteiger partial charge in [0.25, 0.3) is 0 Å². The van der Waals surface area contributed by atoms with Gasteiger partial charge in [0.1, 0.15) is 12.3 Å². The Labute approximate surface area is 52.1 Å². The van der Waals surface area contributed by atoms with Crippen molar-refractivity contribution in [3.05, 3.63) is 12.3 Å². The molecule has 1 unspecified atom stereocenters. The maximum absolute atomic E-state index is 8.82. The molecule has 0 aromatic heterocycles. The third-order valence-electron chi connectivity index (χ3n) is 0.860. The van der Waals surface area contributed by atoms with E-state index in [0.29, 0.717) is 0 Å². The molecular formula is C4H6ClNO2. The lowest BCUT2D eigenvalue weighted by atomic mass is 10.6. The molecule has 0 aromatic rings. The number of rotatable bonds is 1. The summed E-state index contributed by atoms with van der Waals surface area (Å²) >= 11 is 5.30. The highest BCUT2D eigenvalue weighted by atomic mass is 35.5. The minimum absolute atomic E-state index is 0.175. The average molecular weight is 136 g/mol. The van der Waals surface area contributed by atoms with Gasteiger partial charge in [-0.3, -0.25) is 0 Å². The van der Waals surface area contributed by atoms with Gasteiger partial charge in [-0.05, 0) is 6.08 Å². The molecule has 46 valence electrons. The third kappa shape index (κ3) is 0.940. The molecule has 0 aromatic carbocycles. The van der Waals surface area contributed by atoms with Crippen LogP contribution in [0.5, 0.6) is 0 Å². The first-order valence-electron chi connectivity index (χ1n) is 2.18. The summed E-state index contributed by atoms with van der Waals surface area (Å²) in [6.45, 7) is 0. The Kier molecular flexibility index (Phi) is 1.73. The number of alkyl halides is 1. The molecular weight excluding hydrogens is 130 g/mol. The number of hydrogen-bond donors (Lipinski definition) is 1. The molecule has 1 N–H and O–H groups in total. The Morgan fingerprint density at radius 1 is 1.88 bits per heavy atom. The van der Waals surface area contributed by atoms with Crippen molar-refractivity contribution in [2.45, 2.75) is 6.23 Å². The smallest absolute Gasteiger partial charge is 0.163 e. The van der Waals surface area contributed by atoms with E-state index in [9.17, 15) is 0 Å². The zero-order chi connectivity index (χ0) is 5.98. The lowest BCUT2D eigenvalue weighted by molar-refractivity contribution is -0.147. The highest BCUT2D eigenvalue weighted by Gasteiger charge is 2.16. The molecule has 0 saturated heterocycles. The molecule has 8 heavy (non-hydrogen) atoms. The van der Waals surface area contributed by atoms with Gasteiger partial charge in [-0.15, -0.1) is 11.6 Å². The highest BCUT2D eigenvalue weighted by molar-refractivity contribution is 6.17. The predicted octanol–water partition coefficient (Wildman–Crippen LogP) is 0.262. The molecule has 1 rings (SSSR count). The molecule has 0 fully saturated rings. The van der Waals surface area contributed by atoms with E-state index in [0.717, 1.165) is 0 Å². The van der Waals surface area contributed by atoms with Gasteiger partial charge < -0.3 is 9.94 Å². The number of halogens is 1. The van der Waals surface area contributed by atoms with Crippen molar-refractivity contribution in [3.8, 4) is 0 Å². The van der Waals surface area contributed by atoms with Crippen molar-refractivity contribution in [2.24, 2.45) is 0 Å². The first kappa shape index (κ1) is 5.88. The highest BCUT2D eigenvalue weighted by Crippen LogP contribution is 2.07. The molecule has 0 saturated carbocycles. The summed E-state index contributed by atoms with van der Waals surface area (Å²) in [5, 5.41) is 10.1. The second-order valence-corrected chi connectivity index (χ2v) is 1.62. The Balaban J connectivity index is 2.38. The zero-order valence-electron chi connectivity index (χ0n) is 4.12. The van der Waals surface area contributed by atoms with E-state index in [1.165, 1.54) is 17.4 Å². The van der Waals surface area contributed by atoms with Crippen LogP contribution in [0.3, 0.4) is 0 Å². The van der Waals surface area contributed by atoms with Gasteiger partial charge in [0, 0.05) is 0 Å². The lowest BCUT2D eigenvalue weighted by Gasteiger charge is -2.13. The van der Waals surface area contributed by atoms with Crippen molar-refractivity contribution in [1.82, 2.24) is 5.06 Å². The lowest BCUT2D eigenvalue weighted by Crippen LogP contribution is -2.26. The Morgan fingerprint density at radius 3 is 2.88 bits per heavy atom. The number of hydroxylamine groups is 2.